The molecular formula is C34H32Cl3F2N3O4. The lowest BCUT2D eigenvalue weighted by molar-refractivity contribution is -0.132. The molecule has 1 N–H and O–H groups in total. The van der Waals surface area contributed by atoms with Crippen LogP contribution in [0.5, 0.6) is 11.5 Å². The maximum atomic E-state index is 14.5. The van der Waals surface area contributed by atoms with E-state index in [-0.39, 0.29) is 48.2 Å². The van der Waals surface area contributed by atoms with Gasteiger partial charge in [-0.1, -0.05) is 59.1 Å². The first-order valence-corrected chi connectivity index (χ1v) is 16.2. The summed E-state index contributed by atoms with van der Waals surface area (Å²) in [5.74, 6) is -1.94. The molecule has 2 amide bonds. The molecule has 2 fully saturated rings. The number of carbonyl (C=O) groups is 2. The Balaban J connectivity index is 1.24. The van der Waals surface area contributed by atoms with Crippen LogP contribution in [0, 0.1) is 11.6 Å². The second-order valence-corrected chi connectivity index (χ2v) is 12.9. The Morgan fingerprint density at radius 2 is 1.70 bits per heavy atom. The molecule has 2 heterocycles. The number of ether oxygens (including phenoxy) is 2. The van der Waals surface area contributed by atoms with E-state index in [2.05, 4.69) is 5.32 Å². The molecule has 6 rings (SSSR count). The number of halogens is 5. The van der Waals surface area contributed by atoms with Crippen LogP contribution in [0.2, 0.25) is 15.1 Å². The number of hydrogen-bond acceptors (Lipinski definition) is 5. The molecule has 0 spiro atoms. The maximum Gasteiger partial charge on any atom is 0.252 e. The van der Waals surface area contributed by atoms with Crippen molar-refractivity contribution in [2.24, 2.45) is 0 Å². The number of rotatable bonds is 10. The summed E-state index contributed by atoms with van der Waals surface area (Å²) in [7, 11) is 0. The van der Waals surface area contributed by atoms with Crippen molar-refractivity contribution in [3.63, 3.8) is 0 Å². The fourth-order valence-corrected chi connectivity index (χ4v) is 6.61. The highest BCUT2D eigenvalue weighted by Gasteiger charge is 2.43. The highest BCUT2D eigenvalue weighted by molar-refractivity contribution is 6.42. The molecule has 7 nitrogen and oxygen atoms in total. The first-order chi connectivity index (χ1) is 22.1. The van der Waals surface area contributed by atoms with E-state index in [1.165, 1.54) is 0 Å². The van der Waals surface area contributed by atoms with Crippen LogP contribution >= 0.6 is 34.8 Å². The van der Waals surface area contributed by atoms with E-state index in [0.717, 1.165) is 41.7 Å². The Morgan fingerprint density at radius 1 is 0.957 bits per heavy atom. The zero-order valence-corrected chi connectivity index (χ0v) is 27.3. The van der Waals surface area contributed by atoms with Gasteiger partial charge in [0.1, 0.15) is 19.0 Å². The quantitative estimate of drug-likeness (QED) is 0.185. The molecule has 0 unspecified atom stereocenters. The van der Waals surface area contributed by atoms with E-state index in [1.54, 1.807) is 30.0 Å². The Labute approximate surface area is 281 Å². The van der Waals surface area contributed by atoms with Gasteiger partial charge in [-0.05, 0) is 66.3 Å². The van der Waals surface area contributed by atoms with Crippen molar-refractivity contribution >= 4 is 52.2 Å². The molecule has 3 aromatic carbocycles. The highest BCUT2D eigenvalue weighted by Crippen LogP contribution is 2.39. The molecule has 3 aromatic rings. The minimum atomic E-state index is -0.960. The number of fused-ring (bicyclic) bond motifs is 2. The van der Waals surface area contributed by atoms with Gasteiger partial charge in [-0.3, -0.25) is 9.59 Å². The van der Waals surface area contributed by atoms with E-state index in [4.69, 9.17) is 44.3 Å². The number of piperazine rings is 1. The fraction of sp³-hybridized carbons (Fsp3) is 0.353. The van der Waals surface area contributed by atoms with Gasteiger partial charge in [0.05, 0.1) is 21.1 Å². The molecule has 46 heavy (non-hydrogen) atoms. The molecule has 2 atom stereocenters. The minimum absolute atomic E-state index is 0.00805. The van der Waals surface area contributed by atoms with Gasteiger partial charge in [0.2, 0.25) is 5.91 Å². The van der Waals surface area contributed by atoms with Crippen LogP contribution in [0.25, 0.3) is 5.57 Å². The molecule has 3 aliphatic rings. The molecule has 1 aliphatic carbocycles. The van der Waals surface area contributed by atoms with Crippen LogP contribution in [0.4, 0.5) is 8.78 Å². The third kappa shape index (κ3) is 6.98. The summed E-state index contributed by atoms with van der Waals surface area (Å²) in [5.41, 5.74) is 3.21. The summed E-state index contributed by atoms with van der Waals surface area (Å²) in [5, 5.41) is 4.23. The van der Waals surface area contributed by atoms with Crippen LogP contribution in [0.1, 0.15) is 37.3 Å². The first-order valence-electron chi connectivity index (χ1n) is 15.1. The largest absolute Gasteiger partial charge is 0.490 e. The van der Waals surface area contributed by atoms with Gasteiger partial charge in [-0.25, -0.2) is 8.78 Å². The number of hydrogen-bond donors (Lipinski definition) is 1. The normalized spacial score (nSPS) is 19.2. The first kappa shape index (κ1) is 32.6. The Bertz CT molecular complexity index is 1680. The van der Waals surface area contributed by atoms with E-state index in [0.29, 0.717) is 47.4 Å². The van der Waals surface area contributed by atoms with Crippen molar-refractivity contribution in [3.05, 3.63) is 98.0 Å². The topological polar surface area (TPSA) is 71.1 Å². The second kappa shape index (κ2) is 13.8. The van der Waals surface area contributed by atoms with Gasteiger partial charge < -0.3 is 24.6 Å². The van der Waals surface area contributed by atoms with Crippen LogP contribution in [0.15, 0.2) is 60.2 Å². The molecular weight excluding hydrogens is 659 g/mol. The Kier molecular flexibility index (Phi) is 9.75. The van der Waals surface area contributed by atoms with Gasteiger partial charge in [-0.2, -0.15) is 0 Å². The van der Waals surface area contributed by atoms with Crippen molar-refractivity contribution in [2.45, 2.75) is 50.9 Å². The van der Waals surface area contributed by atoms with Crippen LogP contribution in [-0.2, 0) is 16.1 Å². The van der Waals surface area contributed by atoms with Crippen molar-refractivity contribution in [1.29, 1.82) is 0 Å². The summed E-state index contributed by atoms with van der Waals surface area (Å²) in [6.45, 7) is 2.75. The molecule has 242 valence electrons. The lowest BCUT2D eigenvalue weighted by Crippen LogP contribution is -2.61. The Hall–Kier alpha value is -3.37. The third-order valence-electron chi connectivity index (χ3n) is 8.50. The highest BCUT2D eigenvalue weighted by atomic mass is 35.5. The monoisotopic (exact) mass is 689 g/mol. The molecule has 0 radical (unpaired) electrons. The van der Waals surface area contributed by atoms with Gasteiger partial charge in [0.25, 0.3) is 5.91 Å². The number of carbonyl (C=O) groups excluding carboxylic acids is 2. The number of nitrogens with zero attached hydrogens (tertiary/aromatic N) is 2. The number of benzene rings is 3. The van der Waals surface area contributed by atoms with Crippen molar-refractivity contribution < 1.29 is 27.8 Å². The molecule has 1 saturated carbocycles. The third-order valence-corrected chi connectivity index (χ3v) is 9.65. The molecule has 1 saturated heterocycles. The lowest BCUT2D eigenvalue weighted by atomic mass is 9.82. The average molecular weight is 691 g/mol. The molecule has 2 bridgehead atoms. The number of nitrogens with one attached hydrogen (secondary N) is 1. The smallest absolute Gasteiger partial charge is 0.252 e. The molecule has 12 heteroatoms. The zero-order chi connectivity index (χ0) is 32.5. The molecule has 2 aliphatic heterocycles. The summed E-state index contributed by atoms with van der Waals surface area (Å²) >= 11 is 18.6. The van der Waals surface area contributed by atoms with Gasteiger partial charge in [0, 0.05) is 44.2 Å². The standard InChI is InChI=1S/C34H32Cl3F2N3O4/c1-19(43)41-17-22-15-25(20-5-9-24(10-6-20)45-13-14-46-33-28(38)12-11-27(36)32(33)39)30(29(18-41)40-22)34(44)42(23-7-8-23)16-21-3-2-4-26(35)31(21)37/h2-6,9-12,22-23,29,40H,7-8,13-18H2,1H3/t22-,29-/m1/s1. The number of amides is 2. The molecule has 0 aromatic heterocycles. The van der Waals surface area contributed by atoms with Crippen molar-refractivity contribution in [2.75, 3.05) is 26.3 Å². The SMILES string of the molecule is CC(=O)N1C[C@H]2CC(c3ccc(OCCOc4c(F)ccc(Cl)c4F)cc3)=C(C(=O)N(Cc3cccc(Cl)c3Cl)C3CC3)[C@@H](C1)N2. The maximum absolute atomic E-state index is 14.5. The lowest BCUT2D eigenvalue weighted by Gasteiger charge is -2.44. The van der Waals surface area contributed by atoms with Crippen molar-refractivity contribution in [1.82, 2.24) is 15.1 Å². The van der Waals surface area contributed by atoms with E-state index in [9.17, 15) is 18.4 Å². The predicted octanol–water partition coefficient (Wildman–Crippen LogP) is 6.92. The average Bonchev–Trinajstić information content (AvgIpc) is 3.88. The van der Waals surface area contributed by atoms with Gasteiger partial charge in [-0.15, -0.1) is 0 Å². The van der Waals surface area contributed by atoms with Crippen LogP contribution in [-0.4, -0.2) is 66.0 Å². The predicted molar refractivity (Wildman–Crippen MR) is 173 cm³/mol. The summed E-state index contributed by atoms with van der Waals surface area (Å²) in [4.78, 5) is 30.6. The summed E-state index contributed by atoms with van der Waals surface area (Å²) in [6, 6.07) is 14.7. The van der Waals surface area contributed by atoms with Crippen molar-refractivity contribution in [3.8, 4) is 11.5 Å². The van der Waals surface area contributed by atoms with E-state index >= 15 is 0 Å². The van der Waals surface area contributed by atoms with Crippen LogP contribution < -0.4 is 14.8 Å². The minimum Gasteiger partial charge on any atom is -0.490 e. The summed E-state index contributed by atoms with van der Waals surface area (Å²) < 4.78 is 39.1. The van der Waals surface area contributed by atoms with Crippen LogP contribution in [0.3, 0.4) is 0 Å². The van der Waals surface area contributed by atoms with E-state index < -0.39 is 17.4 Å². The Morgan fingerprint density at radius 3 is 2.41 bits per heavy atom. The van der Waals surface area contributed by atoms with E-state index in [1.807, 2.05) is 29.2 Å². The zero-order valence-electron chi connectivity index (χ0n) is 25.0. The van der Waals surface area contributed by atoms with Gasteiger partial charge >= 0.3 is 0 Å². The fourth-order valence-electron chi connectivity index (χ4n) is 6.08. The van der Waals surface area contributed by atoms with Gasteiger partial charge in [0.15, 0.2) is 17.4 Å². The second-order valence-electron chi connectivity index (χ2n) is 11.7. The summed E-state index contributed by atoms with van der Waals surface area (Å²) in [6.07, 6.45) is 2.36.